The number of carboxylic acid groups (broad SMARTS) is 2. The van der Waals surface area contributed by atoms with Gasteiger partial charge in [-0.25, -0.2) is 9.59 Å². The van der Waals surface area contributed by atoms with Crippen molar-refractivity contribution in [3.05, 3.63) is 0 Å². The third-order valence-electron chi connectivity index (χ3n) is 2.21. The highest BCUT2D eigenvalue weighted by Gasteiger charge is 2.36. The second-order valence-corrected chi connectivity index (χ2v) is 3.77. The first-order chi connectivity index (χ1) is 7.22. The highest BCUT2D eigenvalue weighted by Crippen LogP contribution is 2.15. The number of halogens is 1. The Morgan fingerprint density at radius 1 is 1.00 bits per heavy atom. The van der Waals surface area contributed by atoms with Crippen molar-refractivity contribution in [2.75, 3.05) is 13.1 Å². The fraction of sp³-hybridized carbons (Fsp3) is 0.750. The zero-order valence-corrected chi connectivity index (χ0v) is 10.4. The lowest BCUT2D eigenvalue weighted by atomic mass is 10.0. The van der Waals surface area contributed by atoms with Crippen LogP contribution in [0.1, 0.15) is 13.8 Å². The van der Waals surface area contributed by atoms with E-state index in [1.54, 1.807) is 0 Å². The van der Waals surface area contributed by atoms with Gasteiger partial charge in [-0.2, -0.15) is 10.2 Å². The highest BCUT2D eigenvalue weighted by atomic mass is 35.5. The summed E-state index contributed by atoms with van der Waals surface area (Å²) in [5.41, 5.74) is 7.22. The molecule has 100 valence electrons. The molecular formula is C8H17ClN4O4. The van der Waals surface area contributed by atoms with Gasteiger partial charge in [0.25, 0.3) is 0 Å². The van der Waals surface area contributed by atoms with E-state index in [9.17, 15) is 9.59 Å². The van der Waals surface area contributed by atoms with Crippen molar-refractivity contribution in [3.8, 4) is 0 Å². The van der Waals surface area contributed by atoms with E-state index in [2.05, 4.69) is 10.2 Å². The third-order valence-corrected chi connectivity index (χ3v) is 2.21. The molecule has 0 aliphatic rings. The smallest absolute Gasteiger partial charge is 0.334 e. The maximum Gasteiger partial charge on any atom is 0.334 e. The average molecular weight is 269 g/mol. The first kappa shape index (κ1) is 18.1. The second-order valence-electron chi connectivity index (χ2n) is 3.77. The predicted octanol–water partition coefficient (Wildman–Crippen LogP) is -0.536. The fourth-order valence-electron chi connectivity index (χ4n) is 0.563. The molecule has 17 heavy (non-hydrogen) atoms. The van der Waals surface area contributed by atoms with Crippen molar-refractivity contribution >= 4 is 24.3 Å². The monoisotopic (exact) mass is 268 g/mol. The Morgan fingerprint density at radius 3 is 1.35 bits per heavy atom. The van der Waals surface area contributed by atoms with Gasteiger partial charge in [-0.1, -0.05) is 0 Å². The van der Waals surface area contributed by atoms with Gasteiger partial charge in [0.1, 0.15) is 0 Å². The molecule has 0 bridgehead atoms. The quantitative estimate of drug-likeness (QED) is 0.475. The predicted molar refractivity (Wildman–Crippen MR) is 62.3 cm³/mol. The van der Waals surface area contributed by atoms with Gasteiger partial charge >= 0.3 is 11.9 Å². The Morgan fingerprint density at radius 2 is 1.24 bits per heavy atom. The van der Waals surface area contributed by atoms with Crippen LogP contribution in [0.2, 0.25) is 0 Å². The molecule has 0 aromatic rings. The summed E-state index contributed by atoms with van der Waals surface area (Å²) in [6.45, 7) is 1.92. The van der Waals surface area contributed by atoms with Crippen molar-refractivity contribution in [2.24, 2.45) is 21.7 Å². The van der Waals surface area contributed by atoms with Crippen LogP contribution in [0.15, 0.2) is 10.2 Å². The molecule has 0 saturated heterocycles. The maximum atomic E-state index is 10.8. The van der Waals surface area contributed by atoms with Crippen LogP contribution in [-0.4, -0.2) is 46.3 Å². The van der Waals surface area contributed by atoms with E-state index >= 15 is 0 Å². The van der Waals surface area contributed by atoms with Gasteiger partial charge in [0, 0.05) is 13.1 Å². The standard InChI is InChI=1S/C8H16N4O4.ClH/c1-7(3-9,5(13)14)11-12-8(2,4-10)6(15)16;/h3-4,9-10H2,1-2H3,(H,13,14)(H,15,16);1H. The zero-order valence-electron chi connectivity index (χ0n) is 9.58. The van der Waals surface area contributed by atoms with Crippen LogP contribution >= 0.6 is 12.4 Å². The van der Waals surface area contributed by atoms with Crippen molar-refractivity contribution in [3.63, 3.8) is 0 Å². The van der Waals surface area contributed by atoms with Crippen molar-refractivity contribution in [2.45, 2.75) is 24.9 Å². The number of rotatable bonds is 6. The molecule has 0 aliphatic heterocycles. The van der Waals surface area contributed by atoms with E-state index in [0.717, 1.165) is 0 Å². The Kier molecular flexibility index (Phi) is 6.91. The summed E-state index contributed by atoms with van der Waals surface area (Å²) in [6.07, 6.45) is 0. The largest absolute Gasteiger partial charge is 0.479 e. The van der Waals surface area contributed by atoms with Gasteiger partial charge in [-0.05, 0) is 13.8 Å². The van der Waals surface area contributed by atoms with Gasteiger partial charge < -0.3 is 21.7 Å². The Labute approximate surface area is 104 Å². The van der Waals surface area contributed by atoms with E-state index in [4.69, 9.17) is 21.7 Å². The number of hydrogen-bond acceptors (Lipinski definition) is 6. The number of carboxylic acids is 2. The molecule has 0 saturated carbocycles. The molecule has 0 fully saturated rings. The molecule has 0 aromatic heterocycles. The lowest BCUT2D eigenvalue weighted by Gasteiger charge is -2.20. The normalized spacial score (nSPS) is 17.9. The molecule has 8 nitrogen and oxygen atoms in total. The molecule has 9 heteroatoms. The van der Waals surface area contributed by atoms with E-state index in [1.165, 1.54) is 13.8 Å². The van der Waals surface area contributed by atoms with Crippen molar-refractivity contribution in [1.82, 2.24) is 0 Å². The number of nitrogens with two attached hydrogens (primary N) is 2. The number of azo groups is 1. The van der Waals surface area contributed by atoms with Crippen LogP contribution < -0.4 is 11.5 Å². The molecule has 2 atom stereocenters. The summed E-state index contributed by atoms with van der Waals surface area (Å²) in [5, 5.41) is 24.6. The molecule has 0 amide bonds. The lowest BCUT2D eigenvalue weighted by molar-refractivity contribution is -0.144. The van der Waals surface area contributed by atoms with Gasteiger partial charge in [0.15, 0.2) is 11.1 Å². The topological polar surface area (TPSA) is 151 Å². The number of aliphatic carboxylic acids is 2. The molecule has 0 radical (unpaired) electrons. The summed E-state index contributed by atoms with van der Waals surface area (Å²) >= 11 is 0. The minimum Gasteiger partial charge on any atom is -0.479 e. The lowest BCUT2D eigenvalue weighted by Crippen LogP contribution is -2.44. The van der Waals surface area contributed by atoms with Crippen LogP contribution in [0.3, 0.4) is 0 Å². The van der Waals surface area contributed by atoms with Crippen molar-refractivity contribution < 1.29 is 19.8 Å². The van der Waals surface area contributed by atoms with Gasteiger partial charge in [0.2, 0.25) is 0 Å². The van der Waals surface area contributed by atoms with Crippen molar-refractivity contribution in [1.29, 1.82) is 0 Å². The van der Waals surface area contributed by atoms with Gasteiger partial charge in [0.05, 0.1) is 0 Å². The Balaban J connectivity index is 0. The van der Waals surface area contributed by atoms with Crippen LogP contribution in [0.5, 0.6) is 0 Å². The van der Waals surface area contributed by atoms with Crippen LogP contribution in [0, 0.1) is 0 Å². The molecule has 0 aliphatic carbocycles. The van der Waals surface area contributed by atoms with Gasteiger partial charge in [-0.15, -0.1) is 12.4 Å². The minimum atomic E-state index is -1.63. The fourth-order valence-corrected chi connectivity index (χ4v) is 0.563. The Bertz CT molecular complexity index is 295. The van der Waals surface area contributed by atoms with E-state index < -0.39 is 23.0 Å². The third kappa shape index (κ3) is 4.25. The zero-order chi connectivity index (χ0) is 13.0. The molecule has 6 N–H and O–H groups in total. The second kappa shape index (κ2) is 6.48. The summed E-state index contributed by atoms with van der Waals surface area (Å²) in [7, 11) is 0. The van der Waals surface area contributed by atoms with Crippen LogP contribution in [0.25, 0.3) is 0 Å². The Hall–Kier alpha value is -1.25. The SMILES string of the molecule is CC(CN)(N=NC(C)(CN)C(=O)O)C(=O)O.Cl. The average Bonchev–Trinajstić information content (AvgIpc) is 2.24. The summed E-state index contributed by atoms with van der Waals surface area (Å²) in [5.74, 6) is -2.55. The first-order valence-electron chi connectivity index (χ1n) is 4.53. The summed E-state index contributed by atoms with van der Waals surface area (Å²) in [4.78, 5) is 21.6. The van der Waals surface area contributed by atoms with Crippen LogP contribution in [-0.2, 0) is 9.59 Å². The maximum absolute atomic E-state index is 10.8. The van der Waals surface area contributed by atoms with E-state index in [1.807, 2.05) is 0 Å². The highest BCUT2D eigenvalue weighted by molar-refractivity contribution is 5.85. The number of hydrogen-bond donors (Lipinski definition) is 4. The number of nitrogens with zero attached hydrogens (tertiary/aromatic N) is 2. The minimum absolute atomic E-state index is 0. The van der Waals surface area contributed by atoms with E-state index in [0.29, 0.717) is 0 Å². The first-order valence-corrected chi connectivity index (χ1v) is 4.53. The molecule has 0 spiro atoms. The number of carbonyl (C=O) groups is 2. The molecule has 0 aromatic carbocycles. The molecule has 0 heterocycles. The molecular weight excluding hydrogens is 252 g/mol. The van der Waals surface area contributed by atoms with E-state index in [-0.39, 0.29) is 25.5 Å². The summed E-state index contributed by atoms with van der Waals surface area (Å²) in [6, 6.07) is 0. The molecule has 2 unspecified atom stereocenters. The molecule has 0 rings (SSSR count). The van der Waals surface area contributed by atoms with Gasteiger partial charge in [-0.3, -0.25) is 0 Å². The summed E-state index contributed by atoms with van der Waals surface area (Å²) < 4.78 is 0. The van der Waals surface area contributed by atoms with Crippen LogP contribution in [0.4, 0.5) is 0 Å².